The Kier molecular flexibility index (Phi) is 2.67. The van der Waals surface area contributed by atoms with Crippen molar-refractivity contribution in [1.82, 2.24) is 0 Å². The van der Waals surface area contributed by atoms with Crippen LogP contribution in [0.25, 0.3) is 0 Å². The predicted octanol–water partition coefficient (Wildman–Crippen LogP) is 1.35. The molecule has 4 heteroatoms. The van der Waals surface area contributed by atoms with Crippen molar-refractivity contribution in [2.45, 2.75) is 50.7 Å². The quantitative estimate of drug-likeness (QED) is 0.506. The monoisotopic (exact) mass is 173 g/mol. The van der Waals surface area contributed by atoms with E-state index in [4.69, 9.17) is 0 Å². The van der Waals surface area contributed by atoms with Crippen LogP contribution in [0.15, 0.2) is 0 Å². The van der Waals surface area contributed by atoms with Crippen molar-refractivity contribution < 1.29 is 10.0 Å². The lowest BCUT2D eigenvalue weighted by molar-refractivity contribution is -0.542. The Hall–Kier alpha value is -0.640. The molecule has 0 aromatic heterocycles. The van der Waals surface area contributed by atoms with Gasteiger partial charge in [0.15, 0.2) is 0 Å². The molecule has 1 rings (SSSR count). The maximum Gasteiger partial charge on any atom is 0.238 e. The maximum atomic E-state index is 10.4. The van der Waals surface area contributed by atoms with Crippen LogP contribution in [0, 0.1) is 10.1 Å². The van der Waals surface area contributed by atoms with Crippen LogP contribution in [0.3, 0.4) is 0 Å². The summed E-state index contributed by atoms with van der Waals surface area (Å²) in [5.41, 5.74) is -1.04. The van der Waals surface area contributed by atoms with Gasteiger partial charge in [0.2, 0.25) is 6.04 Å². The zero-order valence-electron chi connectivity index (χ0n) is 7.32. The minimum atomic E-state index is -1.04. The predicted molar refractivity (Wildman–Crippen MR) is 44.5 cm³/mol. The molecular weight excluding hydrogens is 158 g/mol. The Morgan fingerprint density at radius 3 is 2.33 bits per heavy atom. The van der Waals surface area contributed by atoms with E-state index in [1.165, 1.54) is 6.92 Å². The molecule has 0 aliphatic heterocycles. The average molecular weight is 173 g/mol. The molecule has 0 amide bonds. The second-order valence-corrected chi connectivity index (χ2v) is 3.63. The standard InChI is InChI=1S/C8H15NO3/c1-7(9(11)12)8(10)5-3-2-4-6-8/h7,10H,2-6H2,1H3. The number of hydrogen-bond acceptors (Lipinski definition) is 3. The van der Waals surface area contributed by atoms with Gasteiger partial charge in [-0.05, 0) is 12.8 Å². The van der Waals surface area contributed by atoms with Crippen LogP contribution < -0.4 is 0 Å². The molecule has 70 valence electrons. The van der Waals surface area contributed by atoms with Gasteiger partial charge in [-0.25, -0.2) is 0 Å². The zero-order valence-corrected chi connectivity index (χ0v) is 7.32. The van der Waals surface area contributed by atoms with E-state index in [0.717, 1.165) is 19.3 Å². The van der Waals surface area contributed by atoms with Crippen molar-refractivity contribution in [3.05, 3.63) is 10.1 Å². The third-order valence-electron chi connectivity index (χ3n) is 2.81. The average Bonchev–Trinajstić information content (AvgIpc) is 2.04. The summed E-state index contributed by atoms with van der Waals surface area (Å²) in [6, 6.07) is -0.821. The minimum absolute atomic E-state index is 0.384. The highest BCUT2D eigenvalue weighted by Gasteiger charge is 2.42. The number of nitrogens with zero attached hydrogens (tertiary/aromatic N) is 1. The van der Waals surface area contributed by atoms with Crippen LogP contribution in [0.5, 0.6) is 0 Å². The van der Waals surface area contributed by atoms with Gasteiger partial charge in [-0.2, -0.15) is 0 Å². The van der Waals surface area contributed by atoms with E-state index in [1.54, 1.807) is 0 Å². The fraction of sp³-hybridized carbons (Fsp3) is 1.00. The molecule has 12 heavy (non-hydrogen) atoms. The van der Waals surface area contributed by atoms with Gasteiger partial charge in [-0.15, -0.1) is 0 Å². The molecule has 1 atom stereocenters. The first-order valence-electron chi connectivity index (χ1n) is 4.42. The molecule has 0 saturated heterocycles. The largest absolute Gasteiger partial charge is 0.383 e. The van der Waals surface area contributed by atoms with Gasteiger partial charge in [0.1, 0.15) is 5.60 Å². The molecule has 4 nitrogen and oxygen atoms in total. The summed E-state index contributed by atoms with van der Waals surface area (Å²) in [5, 5.41) is 20.3. The van der Waals surface area contributed by atoms with Crippen LogP contribution in [0.1, 0.15) is 39.0 Å². The van der Waals surface area contributed by atoms with Crippen LogP contribution >= 0.6 is 0 Å². The van der Waals surface area contributed by atoms with Crippen LogP contribution in [-0.4, -0.2) is 21.7 Å². The minimum Gasteiger partial charge on any atom is -0.383 e. The maximum absolute atomic E-state index is 10.4. The molecule has 1 fully saturated rings. The summed E-state index contributed by atoms with van der Waals surface area (Å²) in [6.45, 7) is 1.49. The second kappa shape index (κ2) is 3.39. The lowest BCUT2D eigenvalue weighted by Gasteiger charge is -2.32. The fourth-order valence-corrected chi connectivity index (χ4v) is 1.78. The lowest BCUT2D eigenvalue weighted by atomic mass is 9.80. The lowest BCUT2D eigenvalue weighted by Crippen LogP contribution is -2.46. The Balaban J connectivity index is 2.62. The molecule has 1 aliphatic rings. The summed E-state index contributed by atoms with van der Waals surface area (Å²) in [4.78, 5) is 10.1. The molecule has 0 radical (unpaired) electrons. The first kappa shape index (κ1) is 9.45. The van der Waals surface area contributed by atoms with Crippen molar-refractivity contribution in [3.8, 4) is 0 Å². The van der Waals surface area contributed by atoms with Crippen LogP contribution in [0.2, 0.25) is 0 Å². The van der Waals surface area contributed by atoms with Gasteiger partial charge in [0.05, 0.1) is 0 Å². The van der Waals surface area contributed by atoms with Gasteiger partial charge >= 0.3 is 0 Å². The molecule has 0 bridgehead atoms. The normalized spacial score (nSPS) is 24.8. The fourth-order valence-electron chi connectivity index (χ4n) is 1.78. The summed E-state index contributed by atoms with van der Waals surface area (Å²) in [5.74, 6) is 0. The number of rotatable bonds is 2. The van der Waals surface area contributed by atoms with Crippen LogP contribution in [0.4, 0.5) is 0 Å². The number of nitro groups is 1. The van der Waals surface area contributed by atoms with Gasteiger partial charge in [0, 0.05) is 11.8 Å². The van der Waals surface area contributed by atoms with Crippen molar-refractivity contribution in [2.75, 3.05) is 0 Å². The summed E-state index contributed by atoms with van der Waals surface area (Å²) in [7, 11) is 0. The molecule has 1 aliphatic carbocycles. The third kappa shape index (κ3) is 1.75. The number of aliphatic hydroxyl groups is 1. The van der Waals surface area contributed by atoms with E-state index < -0.39 is 11.6 Å². The van der Waals surface area contributed by atoms with Crippen molar-refractivity contribution in [1.29, 1.82) is 0 Å². The molecule has 1 N–H and O–H groups in total. The third-order valence-corrected chi connectivity index (χ3v) is 2.81. The summed E-state index contributed by atoms with van der Waals surface area (Å²) >= 11 is 0. The Bertz CT molecular complexity index is 175. The first-order chi connectivity index (χ1) is 5.56. The van der Waals surface area contributed by atoms with E-state index >= 15 is 0 Å². The smallest absolute Gasteiger partial charge is 0.238 e. The van der Waals surface area contributed by atoms with Gasteiger partial charge in [0.25, 0.3) is 0 Å². The van der Waals surface area contributed by atoms with Gasteiger partial charge < -0.3 is 5.11 Å². The molecule has 0 spiro atoms. The topological polar surface area (TPSA) is 63.4 Å². The van der Waals surface area contributed by atoms with E-state index in [-0.39, 0.29) is 4.92 Å². The molecule has 0 aromatic carbocycles. The summed E-state index contributed by atoms with van der Waals surface area (Å²) in [6.07, 6.45) is 4.07. The highest BCUT2D eigenvalue weighted by Crippen LogP contribution is 2.31. The van der Waals surface area contributed by atoms with E-state index in [1.807, 2.05) is 0 Å². The Morgan fingerprint density at radius 2 is 1.92 bits per heavy atom. The van der Waals surface area contributed by atoms with E-state index in [9.17, 15) is 15.2 Å². The van der Waals surface area contributed by atoms with Crippen molar-refractivity contribution in [2.24, 2.45) is 0 Å². The SMILES string of the molecule is CC([N+](=O)[O-])C1(O)CCCCC1. The molecular formula is C8H15NO3. The highest BCUT2D eigenvalue weighted by atomic mass is 16.6. The molecule has 1 saturated carbocycles. The zero-order chi connectivity index (χ0) is 9.19. The second-order valence-electron chi connectivity index (χ2n) is 3.63. The Morgan fingerprint density at radius 1 is 1.42 bits per heavy atom. The van der Waals surface area contributed by atoms with E-state index in [0.29, 0.717) is 12.8 Å². The summed E-state index contributed by atoms with van der Waals surface area (Å²) < 4.78 is 0. The first-order valence-corrected chi connectivity index (χ1v) is 4.42. The Labute approximate surface area is 71.7 Å². The molecule has 1 unspecified atom stereocenters. The van der Waals surface area contributed by atoms with Crippen LogP contribution in [-0.2, 0) is 0 Å². The van der Waals surface area contributed by atoms with Crippen molar-refractivity contribution >= 4 is 0 Å². The number of hydrogen-bond donors (Lipinski definition) is 1. The van der Waals surface area contributed by atoms with Gasteiger partial charge in [-0.1, -0.05) is 19.3 Å². The van der Waals surface area contributed by atoms with Gasteiger partial charge in [-0.3, -0.25) is 10.1 Å². The van der Waals surface area contributed by atoms with E-state index in [2.05, 4.69) is 0 Å². The highest BCUT2D eigenvalue weighted by molar-refractivity contribution is 4.87. The van der Waals surface area contributed by atoms with Crippen molar-refractivity contribution in [3.63, 3.8) is 0 Å². The molecule has 0 heterocycles. The molecule has 0 aromatic rings.